The number of carbonyl (C=O) groups is 1. The average Bonchev–Trinajstić information content (AvgIpc) is 2.98. The molecule has 1 aliphatic rings. The van der Waals surface area contributed by atoms with E-state index in [0.717, 1.165) is 30.9 Å². The summed E-state index contributed by atoms with van der Waals surface area (Å²) in [6.45, 7) is 4.24. The van der Waals surface area contributed by atoms with Crippen molar-refractivity contribution in [2.24, 2.45) is 7.05 Å². The van der Waals surface area contributed by atoms with Crippen LogP contribution in [0.3, 0.4) is 0 Å². The van der Waals surface area contributed by atoms with Gasteiger partial charge in [0.25, 0.3) is 0 Å². The van der Waals surface area contributed by atoms with Crippen LogP contribution in [-0.4, -0.2) is 27.3 Å². The molecule has 1 aromatic rings. The third-order valence-corrected chi connectivity index (χ3v) is 2.97. The Morgan fingerprint density at radius 3 is 2.62 bits per heavy atom. The molecule has 1 fully saturated rings. The first kappa shape index (κ1) is 11.1. The van der Waals surface area contributed by atoms with Crippen LogP contribution in [0.15, 0.2) is 0 Å². The summed E-state index contributed by atoms with van der Waals surface area (Å²) in [5.41, 5.74) is -0.509. The van der Waals surface area contributed by atoms with Gasteiger partial charge in [-0.25, -0.2) is 4.98 Å². The second-order valence-corrected chi connectivity index (χ2v) is 4.13. The van der Waals surface area contributed by atoms with Gasteiger partial charge < -0.3 is 4.74 Å². The Balaban J connectivity index is 2.29. The van der Waals surface area contributed by atoms with Crippen molar-refractivity contribution in [3.63, 3.8) is 0 Å². The molecule has 1 saturated carbocycles. The van der Waals surface area contributed by atoms with Crippen LogP contribution in [0, 0.1) is 0 Å². The molecule has 1 aliphatic carbocycles. The Morgan fingerprint density at radius 1 is 1.50 bits per heavy atom. The maximum Gasteiger partial charge on any atom is 0.319 e. The summed E-state index contributed by atoms with van der Waals surface area (Å²) in [6, 6.07) is 0. The number of nitrogens with zero attached hydrogens (tertiary/aromatic N) is 3. The minimum atomic E-state index is -0.509. The Bertz CT molecular complexity index is 407. The zero-order valence-corrected chi connectivity index (χ0v) is 9.99. The monoisotopic (exact) mass is 223 g/mol. The molecular weight excluding hydrogens is 206 g/mol. The van der Waals surface area contributed by atoms with E-state index >= 15 is 0 Å². The second kappa shape index (κ2) is 3.88. The van der Waals surface area contributed by atoms with Crippen LogP contribution in [0.5, 0.6) is 0 Å². The van der Waals surface area contributed by atoms with Crippen molar-refractivity contribution in [2.75, 3.05) is 6.61 Å². The smallest absolute Gasteiger partial charge is 0.319 e. The number of ether oxygens (including phenoxy) is 1. The normalized spacial score (nSPS) is 17.2. The molecule has 0 bridgehead atoms. The molecule has 0 N–H and O–H groups in total. The molecule has 5 heteroatoms. The highest BCUT2D eigenvalue weighted by atomic mass is 16.5. The van der Waals surface area contributed by atoms with E-state index < -0.39 is 5.41 Å². The number of hydrogen-bond acceptors (Lipinski definition) is 4. The average molecular weight is 223 g/mol. The van der Waals surface area contributed by atoms with Crippen LogP contribution < -0.4 is 0 Å². The fraction of sp³-hybridized carbons (Fsp3) is 0.727. The lowest BCUT2D eigenvalue weighted by Gasteiger charge is -2.12. The van der Waals surface area contributed by atoms with Gasteiger partial charge in [-0.2, -0.15) is 5.10 Å². The van der Waals surface area contributed by atoms with E-state index in [1.165, 1.54) is 0 Å². The van der Waals surface area contributed by atoms with Crippen LogP contribution in [0.2, 0.25) is 0 Å². The second-order valence-electron chi connectivity index (χ2n) is 4.13. The van der Waals surface area contributed by atoms with E-state index in [4.69, 9.17) is 4.74 Å². The van der Waals surface area contributed by atoms with Crippen LogP contribution in [0.1, 0.15) is 38.3 Å². The van der Waals surface area contributed by atoms with Gasteiger partial charge in [-0.05, 0) is 19.8 Å². The summed E-state index contributed by atoms with van der Waals surface area (Å²) in [5, 5.41) is 4.28. The molecule has 0 radical (unpaired) electrons. The van der Waals surface area contributed by atoms with Crippen molar-refractivity contribution in [1.29, 1.82) is 0 Å². The number of esters is 1. The Labute approximate surface area is 94.8 Å². The minimum absolute atomic E-state index is 0.159. The first-order valence-electron chi connectivity index (χ1n) is 5.71. The molecule has 0 atom stereocenters. The van der Waals surface area contributed by atoms with Crippen molar-refractivity contribution >= 4 is 5.97 Å². The highest BCUT2D eigenvalue weighted by Crippen LogP contribution is 2.48. The van der Waals surface area contributed by atoms with Gasteiger partial charge in [0.1, 0.15) is 11.2 Å². The SMILES string of the molecule is CCOC(=O)C1(c2nc(CC)nn2C)CC1. The molecule has 88 valence electrons. The van der Waals surface area contributed by atoms with Gasteiger partial charge >= 0.3 is 5.97 Å². The molecule has 1 aromatic heterocycles. The molecule has 5 nitrogen and oxygen atoms in total. The molecule has 0 spiro atoms. The summed E-state index contributed by atoms with van der Waals surface area (Å²) < 4.78 is 6.81. The zero-order valence-electron chi connectivity index (χ0n) is 9.99. The van der Waals surface area contributed by atoms with Gasteiger partial charge in [-0.15, -0.1) is 0 Å². The predicted octanol–water partition coefficient (Wildman–Crippen LogP) is 0.972. The van der Waals surface area contributed by atoms with Crippen LogP contribution in [0.25, 0.3) is 0 Å². The molecule has 0 amide bonds. The van der Waals surface area contributed by atoms with Crippen molar-refractivity contribution in [3.05, 3.63) is 11.6 Å². The maximum atomic E-state index is 11.9. The fourth-order valence-electron chi connectivity index (χ4n) is 1.92. The number of carbonyl (C=O) groups excluding carboxylic acids is 1. The summed E-state index contributed by atoms with van der Waals surface area (Å²) in [4.78, 5) is 16.3. The molecule has 2 rings (SSSR count). The van der Waals surface area contributed by atoms with Gasteiger partial charge in [0.05, 0.1) is 6.61 Å². The third-order valence-electron chi connectivity index (χ3n) is 2.97. The third kappa shape index (κ3) is 1.60. The number of hydrogen-bond donors (Lipinski definition) is 0. The molecule has 0 saturated heterocycles. The topological polar surface area (TPSA) is 57.0 Å². The molecule has 1 heterocycles. The Morgan fingerprint density at radius 2 is 2.19 bits per heavy atom. The lowest BCUT2D eigenvalue weighted by molar-refractivity contribution is -0.146. The van der Waals surface area contributed by atoms with E-state index in [2.05, 4.69) is 10.1 Å². The lowest BCUT2D eigenvalue weighted by Crippen LogP contribution is -2.26. The van der Waals surface area contributed by atoms with Gasteiger partial charge in [0.15, 0.2) is 5.82 Å². The lowest BCUT2D eigenvalue weighted by atomic mass is 10.1. The predicted molar refractivity (Wildman–Crippen MR) is 57.9 cm³/mol. The first-order valence-corrected chi connectivity index (χ1v) is 5.71. The highest BCUT2D eigenvalue weighted by molar-refractivity contribution is 5.85. The number of aromatic nitrogens is 3. The summed E-state index contributed by atoms with van der Waals surface area (Å²) >= 11 is 0. The molecular formula is C11H17N3O2. The van der Waals surface area contributed by atoms with Crippen LogP contribution in [-0.2, 0) is 28.4 Å². The molecule has 0 aromatic carbocycles. The molecule has 0 aliphatic heterocycles. The highest BCUT2D eigenvalue weighted by Gasteiger charge is 2.56. The number of rotatable bonds is 4. The Hall–Kier alpha value is -1.39. The van der Waals surface area contributed by atoms with Gasteiger partial charge in [-0.3, -0.25) is 9.48 Å². The minimum Gasteiger partial charge on any atom is -0.465 e. The van der Waals surface area contributed by atoms with Crippen molar-refractivity contribution in [2.45, 2.75) is 38.5 Å². The summed E-state index contributed by atoms with van der Waals surface area (Å²) in [5.74, 6) is 1.38. The van der Waals surface area contributed by atoms with Crippen molar-refractivity contribution < 1.29 is 9.53 Å². The van der Waals surface area contributed by atoms with E-state index in [-0.39, 0.29) is 5.97 Å². The summed E-state index contributed by atoms with van der Waals surface area (Å²) in [7, 11) is 1.83. The van der Waals surface area contributed by atoms with Gasteiger partial charge in [-0.1, -0.05) is 6.92 Å². The molecule has 0 unspecified atom stereocenters. The van der Waals surface area contributed by atoms with E-state index in [9.17, 15) is 4.79 Å². The van der Waals surface area contributed by atoms with Gasteiger partial charge in [0, 0.05) is 13.5 Å². The quantitative estimate of drug-likeness (QED) is 0.714. The van der Waals surface area contributed by atoms with Crippen LogP contribution >= 0.6 is 0 Å². The zero-order chi connectivity index (χ0) is 11.8. The fourth-order valence-corrected chi connectivity index (χ4v) is 1.92. The van der Waals surface area contributed by atoms with Crippen LogP contribution in [0.4, 0.5) is 0 Å². The largest absolute Gasteiger partial charge is 0.465 e. The van der Waals surface area contributed by atoms with Gasteiger partial charge in [0.2, 0.25) is 0 Å². The molecule has 16 heavy (non-hydrogen) atoms. The standard InChI is InChI=1S/C11H17N3O2/c1-4-8-12-9(14(3)13-8)11(6-7-11)10(15)16-5-2/h4-7H2,1-3H3. The Kier molecular flexibility index (Phi) is 2.69. The van der Waals surface area contributed by atoms with Crippen molar-refractivity contribution in [3.8, 4) is 0 Å². The van der Waals surface area contributed by atoms with Crippen molar-refractivity contribution in [1.82, 2.24) is 14.8 Å². The van der Waals surface area contributed by atoms with E-state index in [0.29, 0.717) is 6.61 Å². The first-order chi connectivity index (χ1) is 7.64. The van der Waals surface area contributed by atoms with E-state index in [1.54, 1.807) is 4.68 Å². The number of aryl methyl sites for hydroxylation is 2. The van der Waals surface area contributed by atoms with E-state index in [1.807, 2.05) is 20.9 Å². The summed E-state index contributed by atoms with van der Waals surface area (Å²) in [6.07, 6.45) is 2.43. The maximum absolute atomic E-state index is 11.9.